The Hall–Kier alpha value is -2.41. The van der Waals surface area contributed by atoms with Gasteiger partial charge in [-0.25, -0.2) is 0 Å². The van der Waals surface area contributed by atoms with Crippen molar-refractivity contribution in [3.05, 3.63) is 50.8 Å². The Balaban J connectivity index is 2.21. The minimum Gasteiger partial charge on any atom is -0.324 e. The van der Waals surface area contributed by atoms with Gasteiger partial charge in [0.2, 0.25) is 5.91 Å². The lowest BCUT2D eigenvalue weighted by Crippen LogP contribution is -2.24. The second kappa shape index (κ2) is 6.15. The molecule has 116 valence electrons. The maximum atomic E-state index is 12.3. The Morgan fingerprint density at radius 2 is 2.14 bits per heavy atom. The summed E-state index contributed by atoms with van der Waals surface area (Å²) in [7, 11) is 0. The monoisotopic (exact) mass is 322 g/mol. The van der Waals surface area contributed by atoms with Gasteiger partial charge in [-0.1, -0.05) is 17.7 Å². The Morgan fingerprint density at radius 3 is 2.73 bits per heavy atom. The molecule has 22 heavy (non-hydrogen) atoms. The zero-order chi connectivity index (χ0) is 16.4. The molecule has 1 unspecified atom stereocenters. The number of carbonyl (C=O) groups is 1. The van der Waals surface area contributed by atoms with Gasteiger partial charge in [-0.3, -0.25) is 19.6 Å². The normalized spacial score (nSPS) is 12.0. The first-order chi connectivity index (χ1) is 10.3. The van der Waals surface area contributed by atoms with Crippen molar-refractivity contribution in [3.63, 3.8) is 0 Å². The highest BCUT2D eigenvalue weighted by atomic mass is 35.5. The van der Waals surface area contributed by atoms with Crippen LogP contribution in [0.5, 0.6) is 0 Å². The molecule has 0 aliphatic heterocycles. The van der Waals surface area contributed by atoms with E-state index < -0.39 is 11.0 Å². The van der Waals surface area contributed by atoms with Crippen LogP contribution >= 0.6 is 11.6 Å². The molecule has 1 heterocycles. The molecule has 0 fully saturated rings. The third kappa shape index (κ3) is 3.09. The van der Waals surface area contributed by atoms with E-state index in [9.17, 15) is 14.9 Å². The average molecular weight is 323 g/mol. The summed E-state index contributed by atoms with van der Waals surface area (Å²) in [5.41, 5.74) is 1.51. The summed E-state index contributed by atoms with van der Waals surface area (Å²) >= 11 is 6.01. The number of aryl methyl sites for hydroxylation is 1. The second-order valence-electron chi connectivity index (χ2n) is 4.91. The van der Waals surface area contributed by atoms with Crippen LogP contribution in [0, 0.1) is 24.0 Å². The lowest BCUT2D eigenvalue weighted by atomic mass is 10.2. The number of nitrogens with one attached hydrogen (secondary N) is 1. The van der Waals surface area contributed by atoms with E-state index >= 15 is 0 Å². The van der Waals surface area contributed by atoms with E-state index in [1.807, 2.05) is 0 Å². The van der Waals surface area contributed by atoms with E-state index in [2.05, 4.69) is 10.4 Å². The number of hydrogen-bond acceptors (Lipinski definition) is 4. The van der Waals surface area contributed by atoms with Crippen LogP contribution in [-0.2, 0) is 4.79 Å². The zero-order valence-corrected chi connectivity index (χ0v) is 13.1. The Morgan fingerprint density at radius 1 is 1.45 bits per heavy atom. The molecule has 2 aromatic rings. The van der Waals surface area contributed by atoms with Gasteiger partial charge in [0.15, 0.2) is 0 Å². The number of carbonyl (C=O) groups excluding carboxylic acids is 1. The molecule has 1 amide bonds. The number of aromatic nitrogens is 2. The van der Waals surface area contributed by atoms with E-state index in [1.165, 1.54) is 17.8 Å². The van der Waals surface area contributed by atoms with Gasteiger partial charge in [0, 0.05) is 10.7 Å². The molecular weight excluding hydrogens is 308 g/mol. The molecule has 1 aromatic heterocycles. The van der Waals surface area contributed by atoms with E-state index in [0.717, 1.165) is 5.56 Å². The molecule has 1 aromatic carbocycles. The average Bonchev–Trinajstić information content (AvgIpc) is 2.85. The van der Waals surface area contributed by atoms with E-state index in [0.29, 0.717) is 10.7 Å². The van der Waals surface area contributed by atoms with Crippen LogP contribution in [0.3, 0.4) is 0 Å². The lowest BCUT2D eigenvalue weighted by molar-refractivity contribution is -0.385. The topological polar surface area (TPSA) is 90.1 Å². The first-order valence-corrected chi connectivity index (χ1v) is 6.95. The third-order valence-electron chi connectivity index (χ3n) is 3.39. The molecule has 8 heteroatoms. The van der Waals surface area contributed by atoms with Crippen LogP contribution in [0.15, 0.2) is 24.4 Å². The number of halogens is 1. The highest BCUT2D eigenvalue weighted by Gasteiger charge is 2.22. The van der Waals surface area contributed by atoms with Gasteiger partial charge in [-0.05, 0) is 38.5 Å². The van der Waals surface area contributed by atoms with Crippen LogP contribution in [0.25, 0.3) is 0 Å². The molecule has 1 N–H and O–H groups in total. The second-order valence-corrected chi connectivity index (χ2v) is 5.32. The molecule has 0 aliphatic carbocycles. The number of anilines is 1. The fourth-order valence-corrected chi connectivity index (χ4v) is 2.12. The summed E-state index contributed by atoms with van der Waals surface area (Å²) in [6, 6.07) is 4.52. The van der Waals surface area contributed by atoms with Crippen LogP contribution in [0.4, 0.5) is 11.4 Å². The number of benzene rings is 1. The molecule has 1 atom stereocenters. The highest BCUT2D eigenvalue weighted by Crippen LogP contribution is 2.24. The third-order valence-corrected chi connectivity index (χ3v) is 3.80. The van der Waals surface area contributed by atoms with Crippen molar-refractivity contribution < 1.29 is 9.72 Å². The first kappa shape index (κ1) is 16.0. The highest BCUT2D eigenvalue weighted by molar-refractivity contribution is 6.31. The van der Waals surface area contributed by atoms with Gasteiger partial charge >= 0.3 is 5.69 Å². The molecule has 7 nitrogen and oxygen atoms in total. The molecule has 0 radical (unpaired) electrons. The van der Waals surface area contributed by atoms with Crippen molar-refractivity contribution in [3.8, 4) is 0 Å². The molecular formula is C14H15ClN4O3. The number of rotatable bonds is 4. The minimum absolute atomic E-state index is 0.112. The van der Waals surface area contributed by atoms with Crippen molar-refractivity contribution >= 4 is 28.9 Å². The summed E-state index contributed by atoms with van der Waals surface area (Å²) in [4.78, 5) is 22.6. The summed E-state index contributed by atoms with van der Waals surface area (Å²) < 4.78 is 1.28. The predicted octanol–water partition coefficient (Wildman–Crippen LogP) is 3.26. The van der Waals surface area contributed by atoms with Gasteiger partial charge in [0.25, 0.3) is 0 Å². The quantitative estimate of drug-likeness (QED) is 0.691. The van der Waals surface area contributed by atoms with Gasteiger partial charge in [0.05, 0.1) is 4.92 Å². The van der Waals surface area contributed by atoms with Gasteiger partial charge in [-0.15, -0.1) is 0 Å². The molecule has 2 rings (SSSR count). The smallest absolute Gasteiger partial charge is 0.309 e. The number of nitro groups is 1. The lowest BCUT2D eigenvalue weighted by Gasteiger charge is -2.14. The van der Waals surface area contributed by atoms with Crippen molar-refractivity contribution in [2.24, 2.45) is 0 Å². The summed E-state index contributed by atoms with van der Waals surface area (Å²) in [6.07, 6.45) is 1.25. The molecule has 0 saturated heterocycles. The van der Waals surface area contributed by atoms with Crippen molar-refractivity contribution in [1.82, 2.24) is 9.78 Å². The molecule has 0 saturated carbocycles. The summed E-state index contributed by atoms with van der Waals surface area (Å²) in [5, 5.41) is 18.2. The number of nitrogens with zero attached hydrogens (tertiary/aromatic N) is 3. The van der Waals surface area contributed by atoms with Crippen molar-refractivity contribution in [2.75, 3.05) is 5.32 Å². The predicted molar refractivity (Wildman–Crippen MR) is 83.1 cm³/mol. The maximum absolute atomic E-state index is 12.3. The minimum atomic E-state index is -0.689. The molecule has 0 spiro atoms. The van der Waals surface area contributed by atoms with Crippen LogP contribution in [0.2, 0.25) is 5.02 Å². The zero-order valence-electron chi connectivity index (χ0n) is 12.3. The van der Waals surface area contributed by atoms with Crippen LogP contribution in [0.1, 0.15) is 24.2 Å². The molecule has 0 bridgehead atoms. The van der Waals surface area contributed by atoms with E-state index in [1.54, 1.807) is 32.0 Å². The van der Waals surface area contributed by atoms with Gasteiger partial charge in [-0.2, -0.15) is 5.10 Å². The number of hydrogen-bond donors (Lipinski definition) is 1. The van der Waals surface area contributed by atoms with Gasteiger partial charge < -0.3 is 5.32 Å². The van der Waals surface area contributed by atoms with E-state index in [4.69, 9.17) is 11.6 Å². The Bertz CT molecular complexity index is 742. The van der Waals surface area contributed by atoms with Crippen molar-refractivity contribution in [1.29, 1.82) is 0 Å². The van der Waals surface area contributed by atoms with Crippen molar-refractivity contribution in [2.45, 2.75) is 26.8 Å². The fraction of sp³-hybridized carbons (Fsp3) is 0.286. The standard InChI is InChI=1S/C14H15ClN4O3/c1-8-11(15)5-4-6-12(8)16-14(20)10(3)18-7-13(19(21)22)9(2)17-18/h4-7,10H,1-3H3,(H,16,20). The van der Waals surface area contributed by atoms with E-state index in [-0.39, 0.29) is 17.3 Å². The van der Waals surface area contributed by atoms with Crippen LogP contribution in [-0.4, -0.2) is 20.6 Å². The SMILES string of the molecule is Cc1nn(C(C)C(=O)Nc2cccc(Cl)c2C)cc1[N+](=O)[O-]. The largest absolute Gasteiger partial charge is 0.324 e. The maximum Gasteiger partial charge on any atom is 0.309 e. The summed E-state index contributed by atoms with van der Waals surface area (Å²) in [6.45, 7) is 4.94. The first-order valence-electron chi connectivity index (χ1n) is 6.57. The Kier molecular flexibility index (Phi) is 4.46. The van der Waals surface area contributed by atoms with Gasteiger partial charge in [0.1, 0.15) is 17.9 Å². The molecule has 0 aliphatic rings. The Labute approximate surface area is 132 Å². The fourth-order valence-electron chi connectivity index (χ4n) is 1.95. The summed E-state index contributed by atoms with van der Waals surface area (Å²) in [5.74, 6) is -0.331. The number of amides is 1. The van der Waals surface area contributed by atoms with Crippen LogP contribution < -0.4 is 5.32 Å².